The normalized spacial score (nSPS) is 25.4. The molecule has 1 aromatic rings. The first-order valence-corrected chi connectivity index (χ1v) is 4.66. The van der Waals surface area contributed by atoms with Crippen LogP contribution in [0.25, 0.3) is 0 Å². The molecule has 1 heterocycles. The van der Waals surface area contributed by atoms with Gasteiger partial charge in [-0.25, -0.2) is 0 Å². The van der Waals surface area contributed by atoms with Crippen LogP contribution in [0.5, 0.6) is 5.75 Å². The fraction of sp³-hybridized carbons (Fsp3) is 0.364. The third-order valence-electron chi connectivity index (χ3n) is 2.61. The van der Waals surface area contributed by atoms with E-state index in [1.807, 2.05) is 6.07 Å². The number of rotatable bonds is 1. The first-order valence-electron chi connectivity index (χ1n) is 4.66. The van der Waals surface area contributed by atoms with Gasteiger partial charge in [-0.3, -0.25) is 4.79 Å². The maximum Gasteiger partial charge on any atom is 0.201 e. The van der Waals surface area contributed by atoms with Gasteiger partial charge in [0.05, 0.1) is 5.56 Å². The van der Waals surface area contributed by atoms with E-state index in [-0.39, 0.29) is 12.4 Å². The molecule has 0 amide bonds. The van der Waals surface area contributed by atoms with Crippen LogP contribution >= 0.6 is 0 Å². The molecular formula is C11H12O3. The predicted octanol–water partition coefficient (Wildman–Crippen LogP) is 1.40. The lowest BCUT2D eigenvalue weighted by Gasteiger charge is -2.30. The van der Waals surface area contributed by atoms with Crippen LogP contribution in [0.2, 0.25) is 0 Å². The lowest BCUT2D eigenvalue weighted by molar-refractivity contribution is -0.00419. The summed E-state index contributed by atoms with van der Waals surface area (Å²) in [6.07, 6.45) is 0.375. The third kappa shape index (κ3) is 1.21. The molecule has 1 unspecified atom stereocenters. The van der Waals surface area contributed by atoms with Gasteiger partial charge in [-0.05, 0) is 18.6 Å². The third-order valence-corrected chi connectivity index (χ3v) is 2.61. The number of carbonyl (C=O) groups is 1. The number of Topliss-reactive ketones (excluding diaryl/α,β-unsaturated/α-hetero) is 1. The van der Waals surface area contributed by atoms with Gasteiger partial charge in [-0.1, -0.05) is 19.1 Å². The van der Waals surface area contributed by atoms with E-state index in [9.17, 15) is 9.90 Å². The SMILES string of the molecule is CCC1(O)COc2ccccc2C1=O. The molecule has 0 saturated carbocycles. The number of aliphatic hydroxyl groups is 1. The molecule has 1 aliphatic heterocycles. The van der Waals surface area contributed by atoms with Gasteiger partial charge in [0.1, 0.15) is 12.4 Å². The molecule has 74 valence electrons. The first-order chi connectivity index (χ1) is 6.67. The molecule has 2 rings (SSSR count). The lowest BCUT2D eigenvalue weighted by atomic mass is 9.89. The molecule has 3 nitrogen and oxygen atoms in total. The molecule has 0 bridgehead atoms. The van der Waals surface area contributed by atoms with Gasteiger partial charge in [0.15, 0.2) is 5.60 Å². The van der Waals surface area contributed by atoms with Gasteiger partial charge in [-0.2, -0.15) is 0 Å². The average Bonchev–Trinajstić information content (AvgIpc) is 2.24. The van der Waals surface area contributed by atoms with Gasteiger partial charge in [0, 0.05) is 0 Å². The van der Waals surface area contributed by atoms with E-state index in [1.165, 1.54) is 0 Å². The first kappa shape index (κ1) is 9.21. The number of hydrogen-bond acceptors (Lipinski definition) is 3. The Balaban J connectivity index is 2.46. The minimum absolute atomic E-state index is 0.0549. The van der Waals surface area contributed by atoms with Crippen LogP contribution in [-0.2, 0) is 0 Å². The van der Waals surface area contributed by atoms with Crippen molar-refractivity contribution in [1.29, 1.82) is 0 Å². The van der Waals surface area contributed by atoms with Gasteiger partial charge in [0.25, 0.3) is 0 Å². The topological polar surface area (TPSA) is 46.5 Å². The Morgan fingerprint density at radius 2 is 2.21 bits per heavy atom. The van der Waals surface area contributed by atoms with Crippen LogP contribution < -0.4 is 4.74 Å². The molecule has 0 aromatic heterocycles. The van der Waals surface area contributed by atoms with E-state index < -0.39 is 5.60 Å². The highest BCUT2D eigenvalue weighted by Crippen LogP contribution is 2.30. The lowest BCUT2D eigenvalue weighted by Crippen LogP contribution is -2.46. The average molecular weight is 192 g/mol. The Kier molecular flexibility index (Phi) is 2.04. The summed E-state index contributed by atoms with van der Waals surface area (Å²) in [6.45, 7) is 1.83. The van der Waals surface area contributed by atoms with Crippen molar-refractivity contribution < 1.29 is 14.6 Å². The van der Waals surface area contributed by atoms with Crippen molar-refractivity contribution in [3.63, 3.8) is 0 Å². The summed E-state index contributed by atoms with van der Waals surface area (Å²) >= 11 is 0. The summed E-state index contributed by atoms with van der Waals surface area (Å²) in [7, 11) is 0. The monoisotopic (exact) mass is 192 g/mol. The van der Waals surface area contributed by atoms with Crippen molar-refractivity contribution in [2.45, 2.75) is 18.9 Å². The smallest absolute Gasteiger partial charge is 0.201 e. The van der Waals surface area contributed by atoms with Crippen LogP contribution in [0.15, 0.2) is 24.3 Å². The van der Waals surface area contributed by atoms with Crippen LogP contribution in [0.1, 0.15) is 23.7 Å². The second-order valence-electron chi connectivity index (χ2n) is 3.50. The zero-order valence-corrected chi connectivity index (χ0v) is 7.99. The van der Waals surface area contributed by atoms with Gasteiger partial charge >= 0.3 is 0 Å². The molecule has 3 heteroatoms. The number of benzene rings is 1. The molecule has 1 N–H and O–H groups in total. The summed E-state index contributed by atoms with van der Waals surface area (Å²) in [4.78, 5) is 11.8. The molecule has 1 aliphatic rings. The Bertz CT molecular complexity index is 373. The quantitative estimate of drug-likeness (QED) is 0.731. The standard InChI is InChI=1S/C11H12O3/c1-2-11(13)7-14-9-6-4-3-5-8(9)10(11)12/h3-6,13H,2,7H2,1H3. The molecule has 0 fully saturated rings. The molecule has 0 spiro atoms. The van der Waals surface area contributed by atoms with E-state index in [1.54, 1.807) is 25.1 Å². The number of ketones is 1. The minimum Gasteiger partial charge on any atom is -0.489 e. The molecule has 14 heavy (non-hydrogen) atoms. The van der Waals surface area contributed by atoms with E-state index in [0.29, 0.717) is 17.7 Å². The van der Waals surface area contributed by atoms with Crippen molar-refractivity contribution in [3.8, 4) is 5.75 Å². The van der Waals surface area contributed by atoms with E-state index in [4.69, 9.17) is 4.74 Å². The largest absolute Gasteiger partial charge is 0.489 e. The van der Waals surface area contributed by atoms with E-state index >= 15 is 0 Å². The number of para-hydroxylation sites is 1. The van der Waals surface area contributed by atoms with Crippen molar-refractivity contribution in [1.82, 2.24) is 0 Å². The summed E-state index contributed by atoms with van der Waals surface area (Å²) in [5.74, 6) is 0.331. The van der Waals surface area contributed by atoms with Gasteiger partial charge < -0.3 is 9.84 Å². The maximum atomic E-state index is 11.8. The second kappa shape index (κ2) is 3.10. The zero-order valence-electron chi connectivity index (χ0n) is 7.99. The Morgan fingerprint density at radius 1 is 1.50 bits per heavy atom. The molecule has 0 saturated heterocycles. The summed E-state index contributed by atoms with van der Waals surface area (Å²) in [6, 6.07) is 6.99. The molecule has 0 aliphatic carbocycles. The van der Waals surface area contributed by atoms with E-state index in [0.717, 1.165) is 0 Å². The van der Waals surface area contributed by atoms with Crippen LogP contribution in [-0.4, -0.2) is 23.1 Å². The Hall–Kier alpha value is -1.35. The maximum absolute atomic E-state index is 11.8. The van der Waals surface area contributed by atoms with Gasteiger partial charge in [0.2, 0.25) is 5.78 Å². The minimum atomic E-state index is -1.34. The number of ether oxygens (including phenoxy) is 1. The zero-order chi connectivity index (χ0) is 10.2. The molecule has 0 radical (unpaired) electrons. The fourth-order valence-corrected chi connectivity index (χ4v) is 1.56. The van der Waals surface area contributed by atoms with Crippen LogP contribution in [0.4, 0.5) is 0 Å². The van der Waals surface area contributed by atoms with Crippen molar-refractivity contribution in [2.24, 2.45) is 0 Å². The molecule has 1 aromatic carbocycles. The van der Waals surface area contributed by atoms with Crippen molar-refractivity contribution in [3.05, 3.63) is 29.8 Å². The summed E-state index contributed by atoms with van der Waals surface area (Å²) in [5, 5.41) is 9.92. The summed E-state index contributed by atoms with van der Waals surface area (Å²) < 4.78 is 5.33. The number of carbonyl (C=O) groups excluding carboxylic acids is 1. The van der Waals surface area contributed by atoms with Crippen LogP contribution in [0.3, 0.4) is 0 Å². The molecule has 1 atom stereocenters. The highest BCUT2D eigenvalue weighted by Gasteiger charge is 2.40. The van der Waals surface area contributed by atoms with Crippen LogP contribution in [0, 0.1) is 0 Å². The second-order valence-corrected chi connectivity index (χ2v) is 3.50. The highest BCUT2D eigenvalue weighted by molar-refractivity contribution is 6.05. The summed E-state index contributed by atoms with van der Waals surface area (Å²) in [5.41, 5.74) is -0.864. The highest BCUT2D eigenvalue weighted by atomic mass is 16.5. The van der Waals surface area contributed by atoms with Crippen molar-refractivity contribution in [2.75, 3.05) is 6.61 Å². The predicted molar refractivity (Wildman–Crippen MR) is 51.5 cm³/mol. The van der Waals surface area contributed by atoms with Gasteiger partial charge in [-0.15, -0.1) is 0 Å². The number of hydrogen-bond donors (Lipinski definition) is 1. The number of fused-ring (bicyclic) bond motifs is 1. The van der Waals surface area contributed by atoms with E-state index in [2.05, 4.69) is 0 Å². The Morgan fingerprint density at radius 3 is 2.93 bits per heavy atom. The van der Waals surface area contributed by atoms with Crippen molar-refractivity contribution >= 4 is 5.78 Å². The fourth-order valence-electron chi connectivity index (χ4n) is 1.56. The molecular weight excluding hydrogens is 180 g/mol. The Labute approximate surface area is 82.3 Å².